The largest absolute Gasteiger partial charge is 0.496 e. The number of carbonyl (C=O) groups excluding carboxylic acids is 1. The van der Waals surface area contributed by atoms with E-state index in [-0.39, 0.29) is 18.1 Å². The maximum absolute atomic E-state index is 11.3. The highest BCUT2D eigenvalue weighted by Gasteiger charge is 2.25. The van der Waals surface area contributed by atoms with Gasteiger partial charge in [-0.1, -0.05) is 0 Å². The highest BCUT2D eigenvalue weighted by atomic mass is 16.5. The molecule has 1 aromatic rings. The molecule has 1 saturated heterocycles. The van der Waals surface area contributed by atoms with Gasteiger partial charge in [0.15, 0.2) is 0 Å². The van der Waals surface area contributed by atoms with E-state index in [1.54, 1.807) is 7.11 Å². The number of fused-ring (bicyclic) bond motifs is 1. The summed E-state index contributed by atoms with van der Waals surface area (Å²) in [5.41, 5.74) is 2.33. The van der Waals surface area contributed by atoms with Gasteiger partial charge in [-0.2, -0.15) is 0 Å². The Hall–Kier alpha value is -1.71. The van der Waals surface area contributed by atoms with Gasteiger partial charge in [0.25, 0.3) is 0 Å². The molecule has 0 aliphatic carbocycles. The Labute approximate surface area is 113 Å². The fourth-order valence-electron chi connectivity index (χ4n) is 2.93. The third kappa shape index (κ3) is 2.39. The summed E-state index contributed by atoms with van der Waals surface area (Å²) in [5, 5.41) is 2.99. The maximum Gasteiger partial charge on any atom is 0.220 e. The minimum absolute atomic E-state index is 0.148. The van der Waals surface area contributed by atoms with Crippen LogP contribution in [0, 0.1) is 0 Å². The van der Waals surface area contributed by atoms with Crippen LogP contribution < -0.4 is 14.8 Å². The lowest BCUT2D eigenvalue weighted by atomic mass is 10.0. The summed E-state index contributed by atoms with van der Waals surface area (Å²) in [5.74, 6) is 2.01. The van der Waals surface area contributed by atoms with Crippen molar-refractivity contribution >= 4 is 5.91 Å². The van der Waals surface area contributed by atoms with E-state index in [4.69, 9.17) is 9.47 Å². The van der Waals surface area contributed by atoms with Crippen LogP contribution in [0.3, 0.4) is 0 Å². The lowest BCUT2D eigenvalue weighted by Crippen LogP contribution is -2.27. The molecule has 1 aromatic carbocycles. The molecule has 0 radical (unpaired) electrons. The molecule has 2 atom stereocenters. The number of amides is 1. The van der Waals surface area contributed by atoms with Crippen LogP contribution in [0.4, 0.5) is 0 Å². The molecular formula is C15H19NO3. The fraction of sp³-hybridized carbons (Fsp3) is 0.533. The maximum atomic E-state index is 11.3. The van der Waals surface area contributed by atoms with Crippen LogP contribution in [-0.2, 0) is 17.6 Å². The Morgan fingerprint density at radius 1 is 1.47 bits per heavy atom. The number of hydrogen-bond acceptors (Lipinski definition) is 3. The second kappa shape index (κ2) is 4.76. The van der Waals surface area contributed by atoms with Gasteiger partial charge < -0.3 is 14.8 Å². The van der Waals surface area contributed by atoms with Crippen molar-refractivity contribution in [1.29, 1.82) is 0 Å². The molecular weight excluding hydrogens is 242 g/mol. The number of carbonyl (C=O) groups is 1. The fourth-order valence-corrected chi connectivity index (χ4v) is 2.93. The molecule has 2 aliphatic rings. The molecule has 2 heterocycles. The first-order valence-electron chi connectivity index (χ1n) is 6.81. The van der Waals surface area contributed by atoms with Gasteiger partial charge in [-0.25, -0.2) is 0 Å². The monoisotopic (exact) mass is 261 g/mol. The molecule has 2 aliphatic heterocycles. The molecule has 0 bridgehead atoms. The highest BCUT2D eigenvalue weighted by Crippen LogP contribution is 2.35. The smallest absolute Gasteiger partial charge is 0.220 e. The average molecular weight is 261 g/mol. The van der Waals surface area contributed by atoms with E-state index in [0.29, 0.717) is 6.42 Å². The molecule has 0 aromatic heterocycles. The lowest BCUT2D eigenvalue weighted by Gasteiger charge is -2.14. The molecule has 19 heavy (non-hydrogen) atoms. The van der Waals surface area contributed by atoms with Crippen LogP contribution in [0.25, 0.3) is 0 Å². The van der Waals surface area contributed by atoms with Crippen LogP contribution in [-0.4, -0.2) is 25.2 Å². The number of benzene rings is 1. The van der Waals surface area contributed by atoms with Gasteiger partial charge in [-0.3, -0.25) is 4.79 Å². The number of nitrogens with one attached hydrogen (secondary N) is 1. The van der Waals surface area contributed by atoms with Crippen molar-refractivity contribution in [2.24, 2.45) is 0 Å². The van der Waals surface area contributed by atoms with Crippen molar-refractivity contribution in [3.63, 3.8) is 0 Å². The number of rotatable bonds is 3. The zero-order valence-electron chi connectivity index (χ0n) is 11.4. The summed E-state index contributed by atoms with van der Waals surface area (Å²) >= 11 is 0. The van der Waals surface area contributed by atoms with Crippen molar-refractivity contribution in [3.05, 3.63) is 23.3 Å². The third-order valence-electron chi connectivity index (χ3n) is 3.85. The Kier molecular flexibility index (Phi) is 3.09. The highest BCUT2D eigenvalue weighted by molar-refractivity contribution is 5.78. The van der Waals surface area contributed by atoms with Crippen LogP contribution in [0.2, 0.25) is 0 Å². The van der Waals surface area contributed by atoms with E-state index < -0.39 is 0 Å². The summed E-state index contributed by atoms with van der Waals surface area (Å²) in [4.78, 5) is 11.3. The van der Waals surface area contributed by atoms with Crippen molar-refractivity contribution in [3.8, 4) is 11.5 Å². The second-order valence-corrected chi connectivity index (χ2v) is 5.41. The van der Waals surface area contributed by atoms with Gasteiger partial charge in [0.05, 0.1) is 7.11 Å². The van der Waals surface area contributed by atoms with Gasteiger partial charge in [0.2, 0.25) is 5.91 Å². The number of methoxy groups -OCH3 is 1. The van der Waals surface area contributed by atoms with Gasteiger partial charge in [0.1, 0.15) is 17.6 Å². The Morgan fingerprint density at radius 3 is 3.00 bits per heavy atom. The average Bonchev–Trinajstić information content (AvgIpc) is 2.93. The molecule has 4 heteroatoms. The van der Waals surface area contributed by atoms with E-state index in [2.05, 4.69) is 24.4 Å². The van der Waals surface area contributed by atoms with E-state index in [1.165, 1.54) is 5.56 Å². The molecule has 1 N–H and O–H groups in total. The molecule has 102 valence electrons. The quantitative estimate of drug-likeness (QED) is 0.903. The second-order valence-electron chi connectivity index (χ2n) is 5.41. The zero-order chi connectivity index (χ0) is 13.4. The molecule has 1 fully saturated rings. The summed E-state index contributed by atoms with van der Waals surface area (Å²) in [7, 11) is 1.69. The predicted octanol–water partition coefficient (Wildman–Crippen LogP) is 1.84. The van der Waals surface area contributed by atoms with E-state index in [1.807, 2.05) is 0 Å². The minimum atomic E-state index is 0.148. The standard InChI is InChI=1S/C15H19NO3/c1-9-5-10-7-13(18-2)11(8-14(10)19-9)6-12-3-4-15(17)16-12/h7-9,12H,3-6H2,1-2H3,(H,16,17). The van der Waals surface area contributed by atoms with E-state index in [0.717, 1.165) is 36.3 Å². The van der Waals surface area contributed by atoms with Crippen LogP contribution in [0.5, 0.6) is 11.5 Å². The third-order valence-corrected chi connectivity index (χ3v) is 3.85. The first-order valence-corrected chi connectivity index (χ1v) is 6.81. The molecule has 0 saturated carbocycles. The summed E-state index contributed by atoms with van der Waals surface area (Å²) < 4.78 is 11.3. The topological polar surface area (TPSA) is 47.6 Å². The van der Waals surface area contributed by atoms with Crippen molar-refractivity contribution in [1.82, 2.24) is 5.32 Å². The SMILES string of the molecule is COc1cc2c(cc1CC1CCC(=O)N1)OC(C)C2. The van der Waals surface area contributed by atoms with Gasteiger partial charge in [-0.15, -0.1) is 0 Å². The number of hydrogen-bond donors (Lipinski definition) is 1. The summed E-state index contributed by atoms with van der Waals surface area (Å²) in [6.45, 7) is 2.07. The van der Waals surface area contributed by atoms with Gasteiger partial charge in [0, 0.05) is 24.4 Å². The van der Waals surface area contributed by atoms with E-state index >= 15 is 0 Å². The van der Waals surface area contributed by atoms with Gasteiger partial charge >= 0.3 is 0 Å². The van der Waals surface area contributed by atoms with Crippen LogP contribution in [0.1, 0.15) is 30.9 Å². The van der Waals surface area contributed by atoms with Crippen molar-refractivity contribution < 1.29 is 14.3 Å². The Balaban J connectivity index is 1.84. The van der Waals surface area contributed by atoms with Crippen LogP contribution in [0.15, 0.2) is 12.1 Å². The molecule has 4 nitrogen and oxygen atoms in total. The Bertz CT molecular complexity index is 512. The molecule has 1 amide bonds. The Morgan fingerprint density at radius 2 is 2.32 bits per heavy atom. The first-order chi connectivity index (χ1) is 9.15. The lowest BCUT2D eigenvalue weighted by molar-refractivity contribution is -0.119. The summed E-state index contributed by atoms with van der Waals surface area (Å²) in [6, 6.07) is 4.37. The van der Waals surface area contributed by atoms with Crippen molar-refractivity contribution in [2.75, 3.05) is 7.11 Å². The number of ether oxygens (including phenoxy) is 2. The predicted molar refractivity (Wildman–Crippen MR) is 71.7 cm³/mol. The molecule has 0 spiro atoms. The van der Waals surface area contributed by atoms with Crippen LogP contribution >= 0.6 is 0 Å². The molecule has 2 unspecified atom stereocenters. The van der Waals surface area contributed by atoms with E-state index in [9.17, 15) is 4.79 Å². The minimum Gasteiger partial charge on any atom is -0.496 e. The van der Waals surface area contributed by atoms with Crippen molar-refractivity contribution in [2.45, 2.75) is 44.8 Å². The summed E-state index contributed by atoms with van der Waals surface area (Å²) in [6.07, 6.45) is 3.51. The first kappa shape index (κ1) is 12.3. The zero-order valence-corrected chi connectivity index (χ0v) is 11.4. The molecule has 3 rings (SSSR count). The van der Waals surface area contributed by atoms with Gasteiger partial charge in [-0.05, 0) is 37.5 Å². The normalized spacial score (nSPS) is 24.8.